The molecule has 0 fully saturated rings. The molecule has 0 aliphatic rings. The maximum absolute atomic E-state index is 12.3. The molecule has 0 aliphatic heterocycles. The number of methoxy groups -OCH3 is 1. The summed E-state index contributed by atoms with van der Waals surface area (Å²) in [5, 5.41) is 2.89. The summed E-state index contributed by atoms with van der Waals surface area (Å²) in [5.74, 6) is 0.705. The van der Waals surface area contributed by atoms with Crippen LogP contribution in [-0.4, -0.2) is 43.5 Å². The van der Waals surface area contributed by atoms with E-state index in [1.807, 2.05) is 56.3 Å². The third kappa shape index (κ3) is 6.13. The van der Waals surface area contributed by atoms with Crippen LogP contribution in [0.3, 0.4) is 0 Å². The minimum absolute atomic E-state index is 0.00365. The minimum atomic E-state index is -0.114. The van der Waals surface area contributed by atoms with E-state index in [9.17, 15) is 9.59 Å². The molecule has 1 N–H and O–H groups in total. The fraction of sp³-hybridized carbons (Fsp3) is 0.364. The first kappa shape index (κ1) is 20.5. The third-order valence-corrected chi connectivity index (χ3v) is 4.71. The summed E-state index contributed by atoms with van der Waals surface area (Å²) in [4.78, 5) is 25.9. The van der Waals surface area contributed by atoms with E-state index in [0.29, 0.717) is 25.2 Å². The lowest BCUT2D eigenvalue weighted by Crippen LogP contribution is -2.38. The smallest absolute Gasteiger partial charge is 0.251 e. The van der Waals surface area contributed by atoms with Gasteiger partial charge in [-0.05, 0) is 61.2 Å². The highest BCUT2D eigenvalue weighted by Crippen LogP contribution is 2.12. The highest BCUT2D eigenvalue weighted by Gasteiger charge is 2.11. The second-order valence-corrected chi connectivity index (χ2v) is 6.66. The topological polar surface area (TPSA) is 58.6 Å². The van der Waals surface area contributed by atoms with Crippen molar-refractivity contribution in [2.75, 3.05) is 26.7 Å². The standard InChI is InChI=1S/C22H28N2O3/c1-16-5-8-20(15-17(16)2)22(26)23-12-14-24(18(3)25)13-11-19-6-9-21(27-4)10-7-19/h5-10,15H,11-14H2,1-4H3,(H,23,26). The van der Waals surface area contributed by atoms with E-state index >= 15 is 0 Å². The highest BCUT2D eigenvalue weighted by molar-refractivity contribution is 5.94. The van der Waals surface area contributed by atoms with Gasteiger partial charge in [-0.1, -0.05) is 18.2 Å². The number of amides is 2. The van der Waals surface area contributed by atoms with Crippen molar-refractivity contribution in [3.63, 3.8) is 0 Å². The van der Waals surface area contributed by atoms with Crippen LogP contribution in [0.2, 0.25) is 0 Å². The molecular formula is C22H28N2O3. The first-order valence-corrected chi connectivity index (χ1v) is 9.14. The maximum atomic E-state index is 12.3. The van der Waals surface area contributed by atoms with Crippen molar-refractivity contribution in [3.8, 4) is 5.75 Å². The summed E-state index contributed by atoms with van der Waals surface area (Å²) in [7, 11) is 1.64. The average molecular weight is 368 g/mol. The van der Waals surface area contributed by atoms with Crippen molar-refractivity contribution < 1.29 is 14.3 Å². The third-order valence-electron chi connectivity index (χ3n) is 4.71. The van der Waals surface area contributed by atoms with E-state index < -0.39 is 0 Å². The fourth-order valence-electron chi connectivity index (χ4n) is 2.77. The summed E-state index contributed by atoms with van der Waals surface area (Å²) < 4.78 is 5.15. The molecule has 0 radical (unpaired) electrons. The zero-order chi connectivity index (χ0) is 19.8. The van der Waals surface area contributed by atoms with Gasteiger partial charge in [0.25, 0.3) is 5.91 Å². The second-order valence-electron chi connectivity index (χ2n) is 6.66. The van der Waals surface area contributed by atoms with Gasteiger partial charge in [-0.3, -0.25) is 9.59 Å². The lowest BCUT2D eigenvalue weighted by atomic mass is 10.1. The van der Waals surface area contributed by atoms with Gasteiger partial charge in [0, 0.05) is 32.1 Å². The molecule has 0 bridgehead atoms. The Bertz CT molecular complexity index is 785. The van der Waals surface area contributed by atoms with Gasteiger partial charge in [-0.2, -0.15) is 0 Å². The number of hydrogen-bond donors (Lipinski definition) is 1. The molecule has 0 heterocycles. The quantitative estimate of drug-likeness (QED) is 0.779. The Morgan fingerprint density at radius 1 is 1.00 bits per heavy atom. The van der Waals surface area contributed by atoms with Crippen LogP contribution in [0.4, 0.5) is 0 Å². The Morgan fingerprint density at radius 3 is 2.30 bits per heavy atom. The van der Waals surface area contributed by atoms with Crippen LogP contribution in [0.5, 0.6) is 5.75 Å². The second kappa shape index (κ2) is 9.76. The Kier molecular flexibility index (Phi) is 7.41. The van der Waals surface area contributed by atoms with Crippen LogP contribution in [-0.2, 0) is 11.2 Å². The van der Waals surface area contributed by atoms with E-state index in [1.165, 1.54) is 0 Å². The molecule has 0 atom stereocenters. The molecule has 5 nitrogen and oxygen atoms in total. The van der Waals surface area contributed by atoms with Gasteiger partial charge in [0.05, 0.1) is 7.11 Å². The lowest BCUT2D eigenvalue weighted by Gasteiger charge is -2.21. The number of rotatable bonds is 8. The number of carbonyl (C=O) groups is 2. The van der Waals surface area contributed by atoms with Gasteiger partial charge in [0.15, 0.2) is 0 Å². The lowest BCUT2D eigenvalue weighted by molar-refractivity contribution is -0.128. The Labute approximate surface area is 161 Å². The van der Waals surface area contributed by atoms with E-state index in [-0.39, 0.29) is 11.8 Å². The first-order valence-electron chi connectivity index (χ1n) is 9.14. The van der Waals surface area contributed by atoms with Crippen LogP contribution in [0.1, 0.15) is 34.0 Å². The monoisotopic (exact) mass is 368 g/mol. The SMILES string of the molecule is COc1ccc(CCN(CCNC(=O)c2ccc(C)c(C)c2)C(C)=O)cc1. The number of ether oxygens (including phenoxy) is 1. The van der Waals surface area contributed by atoms with Crippen molar-refractivity contribution in [1.82, 2.24) is 10.2 Å². The Balaban J connectivity index is 1.83. The largest absolute Gasteiger partial charge is 0.497 e. The number of nitrogens with one attached hydrogen (secondary N) is 1. The summed E-state index contributed by atoms with van der Waals surface area (Å²) in [6.07, 6.45) is 0.759. The maximum Gasteiger partial charge on any atom is 0.251 e. The number of carbonyl (C=O) groups excluding carboxylic acids is 2. The van der Waals surface area contributed by atoms with E-state index in [2.05, 4.69) is 5.32 Å². The number of aryl methyl sites for hydroxylation is 2. The minimum Gasteiger partial charge on any atom is -0.497 e. The number of nitrogens with zero attached hydrogens (tertiary/aromatic N) is 1. The molecule has 0 saturated heterocycles. The van der Waals surface area contributed by atoms with Gasteiger partial charge in [0.1, 0.15) is 5.75 Å². The molecule has 0 unspecified atom stereocenters. The highest BCUT2D eigenvalue weighted by atomic mass is 16.5. The predicted molar refractivity (Wildman–Crippen MR) is 107 cm³/mol. The molecule has 2 aromatic rings. The van der Waals surface area contributed by atoms with Crippen molar-refractivity contribution >= 4 is 11.8 Å². The molecule has 2 aromatic carbocycles. The number of hydrogen-bond acceptors (Lipinski definition) is 3. The zero-order valence-corrected chi connectivity index (χ0v) is 16.5. The molecule has 2 amide bonds. The molecule has 0 saturated carbocycles. The molecule has 5 heteroatoms. The van der Waals surface area contributed by atoms with Crippen LogP contribution < -0.4 is 10.1 Å². The van der Waals surface area contributed by atoms with Crippen LogP contribution in [0, 0.1) is 13.8 Å². The Hall–Kier alpha value is -2.82. The van der Waals surface area contributed by atoms with Crippen LogP contribution in [0.25, 0.3) is 0 Å². The van der Waals surface area contributed by atoms with Gasteiger partial charge < -0.3 is 15.0 Å². The van der Waals surface area contributed by atoms with E-state index in [4.69, 9.17) is 4.74 Å². The summed E-state index contributed by atoms with van der Waals surface area (Å²) >= 11 is 0. The molecule has 2 rings (SSSR count). The fourth-order valence-corrected chi connectivity index (χ4v) is 2.77. The predicted octanol–water partition coefficient (Wildman–Crippen LogP) is 3.13. The molecular weight excluding hydrogens is 340 g/mol. The van der Waals surface area contributed by atoms with E-state index in [0.717, 1.165) is 28.9 Å². The van der Waals surface area contributed by atoms with Gasteiger partial charge in [0.2, 0.25) is 5.91 Å². The van der Waals surface area contributed by atoms with Gasteiger partial charge in [-0.25, -0.2) is 0 Å². The zero-order valence-electron chi connectivity index (χ0n) is 16.5. The van der Waals surface area contributed by atoms with Gasteiger partial charge in [-0.15, -0.1) is 0 Å². The van der Waals surface area contributed by atoms with E-state index in [1.54, 1.807) is 18.9 Å². The van der Waals surface area contributed by atoms with Crippen molar-refractivity contribution in [3.05, 3.63) is 64.7 Å². The summed E-state index contributed by atoms with van der Waals surface area (Å²) in [5.41, 5.74) is 4.03. The Morgan fingerprint density at radius 2 is 1.70 bits per heavy atom. The first-order chi connectivity index (χ1) is 12.9. The van der Waals surface area contributed by atoms with Crippen molar-refractivity contribution in [1.29, 1.82) is 0 Å². The van der Waals surface area contributed by atoms with Crippen LogP contribution >= 0.6 is 0 Å². The molecule has 0 aromatic heterocycles. The molecule has 27 heavy (non-hydrogen) atoms. The summed E-state index contributed by atoms with van der Waals surface area (Å²) in [6.45, 7) is 7.09. The van der Waals surface area contributed by atoms with Gasteiger partial charge >= 0.3 is 0 Å². The summed E-state index contributed by atoms with van der Waals surface area (Å²) in [6, 6.07) is 13.5. The average Bonchev–Trinajstić information content (AvgIpc) is 2.66. The molecule has 0 spiro atoms. The van der Waals surface area contributed by atoms with Crippen molar-refractivity contribution in [2.45, 2.75) is 27.2 Å². The normalized spacial score (nSPS) is 10.4. The molecule has 0 aliphatic carbocycles. The molecule has 144 valence electrons. The van der Waals surface area contributed by atoms with Crippen LogP contribution in [0.15, 0.2) is 42.5 Å². The number of benzene rings is 2. The van der Waals surface area contributed by atoms with Crippen molar-refractivity contribution in [2.24, 2.45) is 0 Å².